The molecule has 0 atom stereocenters. The molecule has 306 valence electrons. The van der Waals surface area contributed by atoms with E-state index < -0.39 is 15.8 Å². The van der Waals surface area contributed by atoms with Crippen LogP contribution in [0.3, 0.4) is 0 Å². The second kappa shape index (κ2) is 15.1. The van der Waals surface area contributed by atoms with E-state index in [1.807, 2.05) is 0 Å². The highest BCUT2D eigenvalue weighted by Crippen LogP contribution is 2.53. The monoisotopic (exact) mass is 870 g/mol. The fourth-order valence-corrected chi connectivity index (χ4v) is 16.5. The first-order chi connectivity index (χ1) is 32.8. The Morgan fingerprint density at radius 1 is 0.197 bits per heavy atom. The first-order valence-corrected chi connectivity index (χ1v) is 25.5. The lowest BCUT2D eigenvalue weighted by molar-refractivity contribution is 1.74. The van der Waals surface area contributed by atoms with Crippen LogP contribution in [0.15, 0.2) is 243 Å². The molecule has 14 aromatic carbocycles. The Morgan fingerprint density at radius 2 is 0.470 bits per heavy atom. The minimum Gasteiger partial charge on any atom is -0.0622 e. The minimum atomic E-state index is -1.08. The van der Waals surface area contributed by atoms with Gasteiger partial charge in [-0.25, -0.2) is 0 Å². The van der Waals surface area contributed by atoms with Gasteiger partial charge in [-0.2, -0.15) is 0 Å². The van der Waals surface area contributed by atoms with E-state index in [1.54, 1.807) is 0 Å². The largest absolute Gasteiger partial charge is 0.0622 e. The van der Waals surface area contributed by atoms with Gasteiger partial charge >= 0.3 is 0 Å². The van der Waals surface area contributed by atoms with Crippen LogP contribution in [0, 0.1) is 0 Å². The van der Waals surface area contributed by atoms with Gasteiger partial charge in [0.2, 0.25) is 0 Å². The minimum absolute atomic E-state index is 1.08. The molecule has 66 heavy (non-hydrogen) atoms. The quantitative estimate of drug-likeness (QED) is 0.0850. The Hall–Kier alpha value is -7.46. The van der Waals surface area contributed by atoms with E-state index in [0.717, 1.165) is 0 Å². The summed E-state index contributed by atoms with van der Waals surface area (Å²) in [5, 5.41) is 29.1. The summed E-state index contributed by atoms with van der Waals surface area (Å²) in [6.07, 6.45) is 0. The molecule has 0 bridgehead atoms. The van der Waals surface area contributed by atoms with E-state index >= 15 is 0 Å². The molecule has 0 radical (unpaired) electrons. The van der Waals surface area contributed by atoms with E-state index in [-0.39, 0.29) is 0 Å². The van der Waals surface area contributed by atoms with Crippen molar-refractivity contribution in [2.75, 3.05) is 0 Å². The van der Waals surface area contributed by atoms with Crippen LogP contribution in [0.2, 0.25) is 0 Å². The fraction of sp³-hybridized carbons (Fsp3) is 0. The summed E-state index contributed by atoms with van der Waals surface area (Å²) in [5.41, 5.74) is 2.71. The molecule has 0 spiro atoms. The number of hydrogen-bond donors (Lipinski definition) is 0. The van der Waals surface area contributed by atoms with E-state index in [1.165, 1.54) is 129 Å². The molecule has 0 nitrogen and oxygen atoms in total. The van der Waals surface area contributed by atoms with Crippen molar-refractivity contribution in [3.05, 3.63) is 243 Å². The number of hydrogen-bond acceptors (Lipinski definition) is 0. The standard InChI is InChI=1S/C64H40P2/c1-5-25-45(26-6-1)65(46-27-7-2-8-28-46)55-39-43-23-17-35-51-49-33-13-19-41-21-15-37-53(57(41)49)61(59(43)51)63(55)64-56(66(47-29-9-3-10-30-47)48-31-11-4-12-32-48)40-44-24-18-36-52-50-34-14-20-42-22-16-38-54(58(42)50)62(64)60(44)52/h1-40H. The van der Waals surface area contributed by atoms with Gasteiger partial charge in [-0.1, -0.05) is 231 Å². The topological polar surface area (TPSA) is 0 Å². The summed E-state index contributed by atoms with van der Waals surface area (Å²) in [5.74, 6) is 0. The average Bonchev–Trinajstić information content (AvgIpc) is 3.38. The molecule has 14 rings (SSSR count). The lowest BCUT2D eigenvalue weighted by Crippen LogP contribution is -2.26. The van der Waals surface area contributed by atoms with Gasteiger partial charge in [-0.05, 0) is 157 Å². The van der Waals surface area contributed by atoms with Crippen molar-refractivity contribution in [2.24, 2.45) is 0 Å². The van der Waals surface area contributed by atoms with Gasteiger partial charge in [0.1, 0.15) is 0 Å². The number of fused-ring (bicyclic) bond motifs is 4. The smallest absolute Gasteiger partial charge is 0.000169 e. The number of rotatable bonds is 7. The maximum Gasteiger partial charge on any atom is -0.000169 e. The van der Waals surface area contributed by atoms with Crippen molar-refractivity contribution < 1.29 is 0 Å². The van der Waals surface area contributed by atoms with Crippen LogP contribution in [0.5, 0.6) is 0 Å². The molecule has 0 fully saturated rings. The van der Waals surface area contributed by atoms with Gasteiger partial charge in [0.25, 0.3) is 0 Å². The van der Waals surface area contributed by atoms with Crippen molar-refractivity contribution in [3.8, 4) is 11.1 Å². The molecule has 0 amide bonds. The SMILES string of the molecule is c1ccc(P(c2ccccc2)c2cc3cccc4c5cccc6cccc(c(c2-c2c(P(c7ccccc7)c7ccccc7)cc7cccc8c9cccc%10cccc(c2c78)c%109)c34)c65)cc1. The van der Waals surface area contributed by atoms with Crippen LogP contribution in [-0.4, -0.2) is 0 Å². The molecule has 0 aliphatic carbocycles. The van der Waals surface area contributed by atoms with Crippen LogP contribution in [0.25, 0.3) is 97.3 Å². The second-order valence-electron chi connectivity index (χ2n) is 17.5. The molecule has 0 N–H and O–H groups in total. The highest BCUT2D eigenvalue weighted by atomic mass is 31.1. The third-order valence-electron chi connectivity index (χ3n) is 14.0. The van der Waals surface area contributed by atoms with E-state index in [2.05, 4.69) is 243 Å². The summed E-state index contributed by atoms with van der Waals surface area (Å²) < 4.78 is 0. The number of benzene rings is 14. The van der Waals surface area contributed by atoms with Crippen LogP contribution in [-0.2, 0) is 0 Å². The molecule has 0 heterocycles. The van der Waals surface area contributed by atoms with Crippen LogP contribution < -0.4 is 31.8 Å². The molecule has 14 aromatic rings. The van der Waals surface area contributed by atoms with Crippen LogP contribution >= 0.6 is 15.8 Å². The van der Waals surface area contributed by atoms with Gasteiger partial charge in [0, 0.05) is 0 Å². The third kappa shape index (κ3) is 5.60. The van der Waals surface area contributed by atoms with Gasteiger partial charge in [0.15, 0.2) is 0 Å². The Balaban J connectivity index is 1.32. The van der Waals surface area contributed by atoms with Crippen LogP contribution in [0.4, 0.5) is 0 Å². The fourth-order valence-electron chi connectivity index (χ4n) is 11.4. The predicted molar refractivity (Wildman–Crippen MR) is 292 cm³/mol. The summed E-state index contributed by atoms with van der Waals surface area (Å²) in [7, 11) is -2.15. The first-order valence-electron chi connectivity index (χ1n) is 22.9. The van der Waals surface area contributed by atoms with Gasteiger partial charge in [0.05, 0.1) is 0 Å². The zero-order chi connectivity index (χ0) is 43.3. The van der Waals surface area contributed by atoms with E-state index in [0.29, 0.717) is 0 Å². The van der Waals surface area contributed by atoms with Crippen molar-refractivity contribution in [1.29, 1.82) is 0 Å². The van der Waals surface area contributed by atoms with Crippen molar-refractivity contribution in [2.45, 2.75) is 0 Å². The third-order valence-corrected chi connectivity index (χ3v) is 18.9. The molecule has 0 aromatic heterocycles. The molecule has 0 aliphatic heterocycles. The molecule has 2 heteroatoms. The average molecular weight is 871 g/mol. The Labute approximate surface area is 385 Å². The highest BCUT2D eigenvalue weighted by Gasteiger charge is 2.32. The summed E-state index contributed by atoms with van der Waals surface area (Å²) in [4.78, 5) is 0. The lowest BCUT2D eigenvalue weighted by Gasteiger charge is -2.31. The van der Waals surface area contributed by atoms with Gasteiger partial charge in [-0.15, -0.1) is 0 Å². The first kappa shape index (κ1) is 37.9. The van der Waals surface area contributed by atoms with Crippen molar-refractivity contribution in [1.82, 2.24) is 0 Å². The maximum atomic E-state index is 2.61. The van der Waals surface area contributed by atoms with Crippen molar-refractivity contribution >= 4 is 134 Å². The molecule has 0 unspecified atom stereocenters. The summed E-state index contributed by atoms with van der Waals surface area (Å²) >= 11 is 0. The van der Waals surface area contributed by atoms with E-state index in [4.69, 9.17) is 0 Å². The maximum absolute atomic E-state index is 2.61. The Bertz CT molecular complexity index is 3780. The van der Waals surface area contributed by atoms with E-state index in [9.17, 15) is 0 Å². The Kier molecular flexibility index (Phi) is 8.64. The predicted octanol–water partition coefficient (Wildman–Crippen LogP) is 15.0. The molecule has 0 saturated carbocycles. The van der Waals surface area contributed by atoms with Gasteiger partial charge < -0.3 is 0 Å². The molecular formula is C64H40P2. The van der Waals surface area contributed by atoms with Crippen LogP contribution in [0.1, 0.15) is 0 Å². The zero-order valence-electron chi connectivity index (χ0n) is 36.0. The Morgan fingerprint density at radius 3 is 0.788 bits per heavy atom. The molecular weight excluding hydrogens is 831 g/mol. The molecule has 0 saturated heterocycles. The van der Waals surface area contributed by atoms with Crippen molar-refractivity contribution in [3.63, 3.8) is 0 Å². The second-order valence-corrected chi connectivity index (χ2v) is 21.9. The zero-order valence-corrected chi connectivity index (χ0v) is 37.8. The highest BCUT2D eigenvalue weighted by molar-refractivity contribution is 7.81. The van der Waals surface area contributed by atoms with Gasteiger partial charge in [-0.3, -0.25) is 0 Å². The summed E-state index contributed by atoms with van der Waals surface area (Å²) in [6.45, 7) is 0. The normalized spacial score (nSPS) is 12.2. The lowest BCUT2D eigenvalue weighted by atomic mass is 9.82. The summed E-state index contributed by atoms with van der Waals surface area (Å²) in [6, 6.07) is 92.5. The molecule has 0 aliphatic rings.